The third kappa shape index (κ3) is 14.4. The first-order chi connectivity index (χ1) is 46.0. The van der Waals surface area contributed by atoms with Crippen molar-refractivity contribution in [2.24, 2.45) is 52.3 Å². The molecule has 0 aromatic heterocycles. The fourth-order valence-corrected chi connectivity index (χ4v) is 18.6. The van der Waals surface area contributed by atoms with Gasteiger partial charge < -0.3 is 169 Å². The molecule has 0 radical (unpaired) electrons. The molecule has 1 unspecified atom stereocenters. The Hall–Kier alpha value is -1.36. The van der Waals surface area contributed by atoms with Gasteiger partial charge >= 0.3 is 0 Å². The maximum absolute atomic E-state index is 12.2. The van der Waals surface area contributed by atoms with E-state index in [1.54, 1.807) is 0 Å². The highest BCUT2D eigenvalue weighted by atomic mass is 16.8. The summed E-state index contributed by atoms with van der Waals surface area (Å²) in [5, 5.41) is 226. The Kier molecular flexibility index (Phi) is 24.5. The molecule has 0 amide bonds. The summed E-state index contributed by atoms with van der Waals surface area (Å²) in [5.74, 6) is -0.171. The fraction of sp³-hybridized carbons (Fsp3) is 1.00. The van der Waals surface area contributed by atoms with Gasteiger partial charge in [0.25, 0.3) is 0 Å². The Balaban J connectivity index is 0.679. The molecule has 4 saturated carbocycles. The van der Waals surface area contributed by atoms with Gasteiger partial charge in [0, 0.05) is 12.3 Å². The van der Waals surface area contributed by atoms with Crippen LogP contribution in [-0.4, -0.2) is 356 Å². The van der Waals surface area contributed by atoms with Gasteiger partial charge in [-0.2, -0.15) is 0 Å². The summed E-state index contributed by atoms with van der Waals surface area (Å²) in [5.41, 5.74) is -0.167. The van der Waals surface area contributed by atoms with E-state index in [4.69, 9.17) is 61.6 Å². The molecule has 42 atom stereocenters. The number of rotatable bonds is 22. The first kappa shape index (κ1) is 76.8. The van der Waals surface area contributed by atoms with Crippen LogP contribution in [0.1, 0.15) is 91.9 Å². The highest BCUT2D eigenvalue weighted by Crippen LogP contribution is 2.71. The molecule has 0 aromatic rings. The first-order valence-electron chi connectivity index (χ1n) is 34.4. The lowest BCUT2D eigenvalue weighted by molar-refractivity contribution is -0.396. The first-order valence-corrected chi connectivity index (χ1v) is 34.4. The summed E-state index contributed by atoms with van der Waals surface area (Å²) < 4.78 is 76.8. The summed E-state index contributed by atoms with van der Waals surface area (Å²) in [6, 6.07) is 0. The normalized spacial score (nSPS) is 55.1. The highest BCUT2D eigenvalue weighted by molar-refractivity contribution is 5.15. The molecule has 97 heavy (non-hydrogen) atoms. The molecule has 11 aliphatic rings. The number of aliphatic hydroxyl groups is 21. The number of aliphatic hydroxyl groups excluding tert-OH is 20. The van der Waals surface area contributed by atoms with E-state index in [1.165, 1.54) is 0 Å². The molecule has 34 nitrogen and oxygen atoms in total. The SMILES string of the molecule is C[C@@H](CCC1(O)O[C@H]2C[C@H]3[C@@H]4CC[C@@H]5C[C@@H](O[C@@H]6O[C@H](CO)[C@H](O)[C@H](O)[C@H]6O[C@@H]6O[C@H](CO)[C@@H](O[C@H]7O[C@H](CO)[C@@H](O[C@H]8O[C@H](CO)[C@@H](O[C@H]9O[C@H](CO)[C@@H](O)[C@H](O)[C@H]9O)[C@H](O)[C@H]8O)[C@H](O)[C@H]7O)[C@H](O)[C@H]6O)CC[C@]5(C)[C@H]4CC[C@]3(C)[C@H]2[C@@H]1C)CO[C@@H]1O[C@H](CO)[C@@H](O)[C@H](O)[C@H]1O. The van der Waals surface area contributed by atoms with Crippen molar-refractivity contribution < 1.29 is 169 Å². The quantitative estimate of drug-likeness (QED) is 0.0448. The molecule has 11 fully saturated rings. The van der Waals surface area contributed by atoms with E-state index < -0.39 is 236 Å². The minimum absolute atomic E-state index is 0.0781. The van der Waals surface area contributed by atoms with E-state index in [1.807, 2.05) is 6.92 Å². The Morgan fingerprint density at radius 2 is 0.814 bits per heavy atom. The highest BCUT2D eigenvalue weighted by Gasteiger charge is 2.69. The number of ether oxygens (including phenoxy) is 13. The molecule has 562 valence electrons. The lowest BCUT2D eigenvalue weighted by Gasteiger charge is -2.61. The molecule has 11 rings (SSSR count). The van der Waals surface area contributed by atoms with Crippen molar-refractivity contribution in [3.05, 3.63) is 0 Å². The minimum Gasteiger partial charge on any atom is -0.394 e. The summed E-state index contributed by atoms with van der Waals surface area (Å²) in [6.07, 6.45) is -45.7. The van der Waals surface area contributed by atoms with Gasteiger partial charge in [-0.3, -0.25) is 0 Å². The molecule has 7 aliphatic heterocycles. The zero-order valence-corrected chi connectivity index (χ0v) is 54.7. The van der Waals surface area contributed by atoms with Gasteiger partial charge in [0.2, 0.25) is 0 Å². The molecule has 7 saturated heterocycles. The smallest absolute Gasteiger partial charge is 0.187 e. The molecule has 0 spiro atoms. The van der Waals surface area contributed by atoms with E-state index in [0.717, 1.165) is 38.5 Å². The van der Waals surface area contributed by atoms with Crippen molar-refractivity contribution in [1.82, 2.24) is 0 Å². The Morgan fingerprint density at radius 1 is 0.412 bits per heavy atom. The van der Waals surface area contributed by atoms with Crippen LogP contribution in [0, 0.1) is 52.3 Å². The van der Waals surface area contributed by atoms with Crippen LogP contribution in [0.5, 0.6) is 0 Å². The molecule has 34 heteroatoms. The second-order valence-electron chi connectivity index (χ2n) is 29.9. The number of hydrogen-bond acceptors (Lipinski definition) is 34. The zero-order valence-electron chi connectivity index (χ0n) is 54.7. The molecular formula is C63H106O34. The van der Waals surface area contributed by atoms with Gasteiger partial charge in [-0.25, -0.2) is 0 Å². The van der Waals surface area contributed by atoms with Crippen molar-refractivity contribution in [1.29, 1.82) is 0 Å². The van der Waals surface area contributed by atoms with Gasteiger partial charge in [-0.05, 0) is 104 Å². The third-order valence-corrected chi connectivity index (χ3v) is 24.3. The van der Waals surface area contributed by atoms with E-state index in [-0.39, 0.29) is 47.2 Å². The molecule has 4 aliphatic carbocycles. The van der Waals surface area contributed by atoms with E-state index in [2.05, 4.69) is 20.8 Å². The van der Waals surface area contributed by atoms with E-state index in [9.17, 15) is 107 Å². The van der Waals surface area contributed by atoms with Crippen LogP contribution in [0.2, 0.25) is 0 Å². The topological polar surface area (TPSA) is 545 Å². The van der Waals surface area contributed by atoms with Crippen molar-refractivity contribution in [2.75, 3.05) is 46.2 Å². The zero-order chi connectivity index (χ0) is 70.2. The minimum atomic E-state index is -2.15. The predicted molar refractivity (Wildman–Crippen MR) is 317 cm³/mol. The number of hydrogen-bond donors (Lipinski definition) is 21. The molecule has 7 heterocycles. The van der Waals surface area contributed by atoms with Crippen LogP contribution >= 0.6 is 0 Å². The Bertz CT molecular complexity index is 2510. The molecule has 21 N–H and O–H groups in total. The third-order valence-electron chi connectivity index (χ3n) is 24.3. The second-order valence-corrected chi connectivity index (χ2v) is 29.9. The standard InChI is InChI=1S/C63H106O34/c1-22(21-85-55-46(79)40(73)37(70)30(15-64)87-55)7-12-63(84)23(2)36-29(97-63)14-28-26-6-5-24-13-25(8-10-61(24,3)27(26)9-11-62(28,36)4)86-60-54(42(75)39(72)32(17-66)89-60)96-59-50(83)45(78)53(35(20-69)92-59)95-58-49(82)44(77)52(34(19-68)91-58)94-57-48(81)43(76)51(33(18-67)90-57)93-56-47(80)41(74)38(71)31(16-65)88-56/h22-60,64-84H,5-21H2,1-4H3/t22-,23-,24+,25-,26+,27-,28-,29-,30+,31+,32+,33+,34+,35+,36-,37+,38+,39-,40-,41-,42-,43+,44+,45+,46+,47+,48+,49+,50+,51+,52+,53+,54+,55+,56+,57+,58+,59-,60+,61-,62-,63?/m0/s1. The summed E-state index contributed by atoms with van der Waals surface area (Å²) >= 11 is 0. The maximum Gasteiger partial charge on any atom is 0.187 e. The lowest BCUT2D eigenvalue weighted by atomic mass is 9.44. The van der Waals surface area contributed by atoms with Crippen molar-refractivity contribution in [3.8, 4) is 0 Å². The van der Waals surface area contributed by atoms with Crippen LogP contribution < -0.4 is 0 Å². The maximum atomic E-state index is 12.2. The average molecular weight is 1410 g/mol. The van der Waals surface area contributed by atoms with E-state index in [0.29, 0.717) is 43.4 Å². The largest absolute Gasteiger partial charge is 0.394 e. The van der Waals surface area contributed by atoms with Crippen LogP contribution in [0.4, 0.5) is 0 Å². The Labute approximate surface area is 559 Å². The van der Waals surface area contributed by atoms with Gasteiger partial charge in [-0.1, -0.05) is 27.7 Å². The fourth-order valence-electron chi connectivity index (χ4n) is 18.6. The van der Waals surface area contributed by atoms with Gasteiger partial charge in [0.05, 0.1) is 58.5 Å². The molecule has 0 bridgehead atoms. The van der Waals surface area contributed by atoms with Crippen LogP contribution in [0.3, 0.4) is 0 Å². The molecular weight excluding hydrogens is 1300 g/mol. The summed E-state index contributed by atoms with van der Waals surface area (Å²) in [6.45, 7) is 3.86. The predicted octanol–water partition coefficient (Wildman–Crippen LogP) is -8.31. The number of fused-ring (bicyclic) bond motifs is 7. The summed E-state index contributed by atoms with van der Waals surface area (Å²) in [7, 11) is 0. The molecule has 0 aromatic carbocycles. The van der Waals surface area contributed by atoms with Crippen LogP contribution in [-0.2, 0) is 61.6 Å². The van der Waals surface area contributed by atoms with Crippen LogP contribution in [0.25, 0.3) is 0 Å². The van der Waals surface area contributed by atoms with Gasteiger partial charge in [0.15, 0.2) is 43.5 Å². The van der Waals surface area contributed by atoms with Crippen molar-refractivity contribution in [2.45, 2.75) is 294 Å². The van der Waals surface area contributed by atoms with Crippen molar-refractivity contribution in [3.63, 3.8) is 0 Å². The average Bonchev–Trinajstić information content (AvgIpc) is 1.57. The van der Waals surface area contributed by atoms with Crippen molar-refractivity contribution >= 4 is 0 Å². The second kappa shape index (κ2) is 31.0. The van der Waals surface area contributed by atoms with Gasteiger partial charge in [0.1, 0.15) is 146 Å². The van der Waals surface area contributed by atoms with Crippen LogP contribution in [0.15, 0.2) is 0 Å². The lowest BCUT2D eigenvalue weighted by Crippen LogP contribution is -2.68. The Morgan fingerprint density at radius 3 is 1.30 bits per heavy atom. The van der Waals surface area contributed by atoms with Gasteiger partial charge in [-0.15, -0.1) is 0 Å². The monoisotopic (exact) mass is 1410 g/mol. The summed E-state index contributed by atoms with van der Waals surface area (Å²) in [4.78, 5) is 0. The van der Waals surface area contributed by atoms with E-state index >= 15 is 0 Å².